The van der Waals surface area contributed by atoms with Crippen LogP contribution in [-0.4, -0.2) is 37.0 Å². The van der Waals surface area contributed by atoms with Crippen LogP contribution in [0, 0.1) is 0 Å². The van der Waals surface area contributed by atoms with E-state index in [9.17, 15) is 13.5 Å². The van der Waals surface area contributed by atoms with Crippen LogP contribution in [-0.2, 0) is 16.4 Å². The zero-order valence-electron chi connectivity index (χ0n) is 10.3. The molecule has 0 bridgehead atoms. The number of hydrogen-bond donors (Lipinski definition) is 2. The predicted octanol–water partition coefficient (Wildman–Crippen LogP) is 0.587. The van der Waals surface area contributed by atoms with Crippen LogP contribution in [0.5, 0.6) is 0 Å². The molecule has 1 aromatic carbocycles. The summed E-state index contributed by atoms with van der Waals surface area (Å²) < 4.78 is 25.9. The molecule has 0 amide bonds. The number of nitrogens with zero attached hydrogens (tertiary/aromatic N) is 1. The van der Waals surface area contributed by atoms with Crippen LogP contribution in [0.3, 0.4) is 0 Å². The maximum Gasteiger partial charge on any atom is 0.243 e. The molecule has 1 atom stereocenters. The molecule has 0 unspecified atom stereocenters. The highest BCUT2D eigenvalue weighted by Gasteiger charge is 2.31. The second kappa shape index (κ2) is 4.87. The van der Waals surface area contributed by atoms with Crippen molar-refractivity contribution in [2.75, 3.05) is 18.8 Å². The molecule has 18 heavy (non-hydrogen) atoms. The number of aryl methyl sites for hydroxylation is 1. The Labute approximate surface area is 107 Å². The Morgan fingerprint density at radius 1 is 1.50 bits per heavy atom. The van der Waals surface area contributed by atoms with Crippen molar-refractivity contribution in [2.24, 2.45) is 0 Å². The highest BCUT2D eigenvalue weighted by atomic mass is 32.2. The van der Waals surface area contributed by atoms with Gasteiger partial charge in [-0.15, -0.1) is 0 Å². The van der Waals surface area contributed by atoms with Crippen LogP contribution in [0.4, 0.5) is 5.69 Å². The molecule has 5 nitrogen and oxygen atoms in total. The smallest absolute Gasteiger partial charge is 0.243 e. The first-order valence-electron chi connectivity index (χ1n) is 6.01. The number of aliphatic hydroxyl groups excluding tert-OH is 1. The zero-order valence-corrected chi connectivity index (χ0v) is 11.2. The van der Waals surface area contributed by atoms with E-state index in [0.29, 0.717) is 18.7 Å². The Bertz CT molecular complexity index is 542. The van der Waals surface area contributed by atoms with Gasteiger partial charge in [-0.2, -0.15) is 4.31 Å². The number of aliphatic hydroxyl groups is 1. The van der Waals surface area contributed by atoms with E-state index in [-0.39, 0.29) is 11.4 Å². The Morgan fingerprint density at radius 2 is 2.22 bits per heavy atom. The highest BCUT2D eigenvalue weighted by Crippen LogP contribution is 2.24. The molecule has 1 heterocycles. The molecular weight excluding hydrogens is 252 g/mol. The fraction of sp³-hybridized carbons (Fsp3) is 0.500. The van der Waals surface area contributed by atoms with Gasteiger partial charge < -0.3 is 10.8 Å². The number of hydrogen-bond acceptors (Lipinski definition) is 4. The number of nitrogens with two attached hydrogens (primary N) is 1. The lowest BCUT2D eigenvalue weighted by Crippen LogP contribution is -2.29. The summed E-state index contributed by atoms with van der Waals surface area (Å²) in [5.74, 6) is 0. The van der Waals surface area contributed by atoms with E-state index in [1.807, 2.05) is 6.92 Å². The standard InChI is InChI=1S/C12H18N2O3S/c1-2-9-3-4-11(7-12(9)13)18(16,17)14-6-5-10(15)8-14/h3-4,7,10,15H,2,5-6,8,13H2,1H3/t10-/m1/s1. The van der Waals surface area contributed by atoms with E-state index in [1.54, 1.807) is 12.1 Å². The Kier molecular flexibility index (Phi) is 3.61. The van der Waals surface area contributed by atoms with Gasteiger partial charge in [0, 0.05) is 18.8 Å². The van der Waals surface area contributed by atoms with Gasteiger partial charge in [0.1, 0.15) is 0 Å². The molecule has 1 saturated heterocycles. The Hall–Kier alpha value is -1.11. The summed E-state index contributed by atoms with van der Waals surface area (Å²) in [6.45, 7) is 2.49. The number of β-amino-alcohol motifs (C(OH)–C–C–N with tert-alkyl or cyclic N) is 1. The minimum absolute atomic E-state index is 0.164. The van der Waals surface area contributed by atoms with E-state index in [0.717, 1.165) is 12.0 Å². The Balaban J connectivity index is 2.33. The molecular formula is C12H18N2O3S. The average Bonchev–Trinajstić information content (AvgIpc) is 2.76. The van der Waals surface area contributed by atoms with E-state index in [2.05, 4.69) is 0 Å². The SMILES string of the molecule is CCc1ccc(S(=O)(=O)N2CC[C@@H](O)C2)cc1N. The molecule has 1 aliphatic rings. The van der Waals surface area contributed by atoms with Crippen molar-refractivity contribution in [3.63, 3.8) is 0 Å². The third-order valence-corrected chi connectivity index (χ3v) is 5.12. The van der Waals surface area contributed by atoms with Crippen molar-refractivity contribution in [1.29, 1.82) is 0 Å². The lowest BCUT2D eigenvalue weighted by molar-refractivity contribution is 0.189. The van der Waals surface area contributed by atoms with Gasteiger partial charge in [-0.05, 0) is 30.5 Å². The monoisotopic (exact) mass is 270 g/mol. The van der Waals surface area contributed by atoms with Crippen LogP contribution in [0.15, 0.2) is 23.1 Å². The molecule has 2 rings (SSSR count). The van der Waals surface area contributed by atoms with Crippen molar-refractivity contribution in [3.8, 4) is 0 Å². The summed E-state index contributed by atoms with van der Waals surface area (Å²) >= 11 is 0. The molecule has 0 spiro atoms. The van der Waals surface area contributed by atoms with Crippen LogP contribution < -0.4 is 5.73 Å². The zero-order chi connectivity index (χ0) is 13.3. The molecule has 100 valence electrons. The fourth-order valence-electron chi connectivity index (χ4n) is 2.13. The van der Waals surface area contributed by atoms with Gasteiger partial charge in [0.15, 0.2) is 0 Å². The minimum atomic E-state index is -3.53. The summed E-state index contributed by atoms with van der Waals surface area (Å²) in [5, 5.41) is 9.42. The first-order valence-corrected chi connectivity index (χ1v) is 7.45. The van der Waals surface area contributed by atoms with Gasteiger partial charge in [-0.25, -0.2) is 8.42 Å². The average molecular weight is 270 g/mol. The number of nitrogen functional groups attached to an aromatic ring is 1. The number of sulfonamides is 1. The molecule has 1 aliphatic heterocycles. The first kappa shape index (κ1) is 13.3. The van der Waals surface area contributed by atoms with Crippen molar-refractivity contribution < 1.29 is 13.5 Å². The topological polar surface area (TPSA) is 83.6 Å². The molecule has 0 radical (unpaired) electrons. The number of anilines is 1. The molecule has 0 aliphatic carbocycles. The van der Waals surface area contributed by atoms with Gasteiger partial charge in [0.25, 0.3) is 0 Å². The fourth-order valence-corrected chi connectivity index (χ4v) is 3.66. The molecule has 1 aromatic rings. The van der Waals surface area contributed by atoms with Gasteiger partial charge >= 0.3 is 0 Å². The van der Waals surface area contributed by atoms with Gasteiger partial charge in [0.2, 0.25) is 10.0 Å². The summed E-state index contributed by atoms with van der Waals surface area (Å²) in [7, 11) is -3.53. The maximum absolute atomic E-state index is 12.3. The normalized spacial score (nSPS) is 21.3. The first-order chi connectivity index (χ1) is 8.45. The van der Waals surface area contributed by atoms with E-state index >= 15 is 0 Å². The second-order valence-electron chi connectivity index (χ2n) is 4.52. The lowest BCUT2D eigenvalue weighted by atomic mass is 10.1. The molecule has 0 aromatic heterocycles. The van der Waals surface area contributed by atoms with Crippen LogP contribution >= 0.6 is 0 Å². The summed E-state index contributed by atoms with van der Waals surface area (Å²) in [4.78, 5) is 0.200. The van der Waals surface area contributed by atoms with Crippen molar-refractivity contribution in [3.05, 3.63) is 23.8 Å². The van der Waals surface area contributed by atoms with Crippen LogP contribution in [0.25, 0.3) is 0 Å². The van der Waals surface area contributed by atoms with Crippen molar-refractivity contribution >= 4 is 15.7 Å². The van der Waals surface area contributed by atoms with E-state index in [4.69, 9.17) is 5.73 Å². The summed E-state index contributed by atoms with van der Waals surface area (Å²) in [5.41, 5.74) is 7.26. The van der Waals surface area contributed by atoms with E-state index in [1.165, 1.54) is 10.4 Å². The number of benzene rings is 1. The van der Waals surface area contributed by atoms with Crippen LogP contribution in [0.1, 0.15) is 18.9 Å². The predicted molar refractivity (Wildman–Crippen MR) is 69.6 cm³/mol. The molecule has 0 saturated carbocycles. The maximum atomic E-state index is 12.3. The summed E-state index contributed by atoms with van der Waals surface area (Å²) in [6.07, 6.45) is 0.697. The van der Waals surface area contributed by atoms with Crippen LogP contribution in [0.2, 0.25) is 0 Å². The highest BCUT2D eigenvalue weighted by molar-refractivity contribution is 7.89. The summed E-state index contributed by atoms with van der Waals surface area (Å²) in [6, 6.07) is 4.82. The van der Waals surface area contributed by atoms with Gasteiger partial charge in [-0.1, -0.05) is 13.0 Å². The largest absolute Gasteiger partial charge is 0.398 e. The van der Waals surface area contributed by atoms with Gasteiger partial charge in [0.05, 0.1) is 11.0 Å². The van der Waals surface area contributed by atoms with E-state index < -0.39 is 16.1 Å². The lowest BCUT2D eigenvalue weighted by Gasteiger charge is -2.16. The Morgan fingerprint density at radius 3 is 2.72 bits per heavy atom. The number of rotatable bonds is 3. The van der Waals surface area contributed by atoms with Gasteiger partial charge in [-0.3, -0.25) is 0 Å². The molecule has 6 heteroatoms. The third-order valence-electron chi connectivity index (χ3n) is 3.26. The van der Waals surface area contributed by atoms with Crippen molar-refractivity contribution in [1.82, 2.24) is 4.31 Å². The third kappa shape index (κ3) is 2.36. The second-order valence-corrected chi connectivity index (χ2v) is 6.46. The molecule has 1 fully saturated rings. The quantitative estimate of drug-likeness (QED) is 0.787. The molecule has 3 N–H and O–H groups in total. The van der Waals surface area contributed by atoms with Crippen molar-refractivity contribution in [2.45, 2.75) is 30.8 Å². The minimum Gasteiger partial charge on any atom is -0.398 e.